The minimum absolute atomic E-state index is 0.532. The Morgan fingerprint density at radius 1 is 0.964 bits per heavy atom. The van der Waals surface area contributed by atoms with E-state index in [9.17, 15) is 0 Å². The normalized spacial score (nSPS) is 17.5. The summed E-state index contributed by atoms with van der Waals surface area (Å²) in [4.78, 5) is 6.55. The first-order chi connectivity index (χ1) is 13.5. The van der Waals surface area contributed by atoms with Crippen molar-refractivity contribution < 1.29 is 4.74 Å². The van der Waals surface area contributed by atoms with Gasteiger partial charge in [-0.3, -0.25) is 4.90 Å². The Kier molecular flexibility index (Phi) is 11.5. The van der Waals surface area contributed by atoms with Crippen molar-refractivity contribution in [3.63, 3.8) is 0 Å². The lowest BCUT2D eigenvalue weighted by Gasteiger charge is -2.35. The molecule has 0 aromatic heterocycles. The van der Waals surface area contributed by atoms with Gasteiger partial charge in [0.2, 0.25) is 0 Å². The van der Waals surface area contributed by atoms with Crippen LogP contribution in [0.5, 0.6) is 0 Å². The van der Waals surface area contributed by atoms with Crippen molar-refractivity contribution >= 4 is 11.8 Å². The van der Waals surface area contributed by atoms with Gasteiger partial charge in [0.25, 0.3) is 0 Å². The molecule has 4 nitrogen and oxygen atoms in total. The molecule has 0 saturated carbocycles. The van der Waals surface area contributed by atoms with Gasteiger partial charge < -0.3 is 15.0 Å². The lowest BCUT2D eigenvalue weighted by atomic mass is 10.2. The quantitative estimate of drug-likeness (QED) is 0.396. The maximum absolute atomic E-state index is 5.74. The molecule has 1 fully saturated rings. The van der Waals surface area contributed by atoms with Crippen molar-refractivity contribution in [3.8, 4) is 0 Å². The van der Waals surface area contributed by atoms with Crippen LogP contribution < -0.4 is 5.32 Å². The van der Waals surface area contributed by atoms with Gasteiger partial charge in [-0.05, 0) is 31.0 Å². The molecule has 0 unspecified atom stereocenters. The first kappa shape index (κ1) is 23.7. The Bertz CT molecular complexity index is 504. The van der Waals surface area contributed by atoms with Crippen molar-refractivity contribution in [1.82, 2.24) is 15.1 Å². The number of hydrogen-bond acceptors (Lipinski definition) is 5. The van der Waals surface area contributed by atoms with Crippen LogP contribution in [0.2, 0.25) is 0 Å². The number of benzene rings is 1. The molecule has 1 heterocycles. The first-order valence-corrected chi connectivity index (χ1v) is 12.0. The SMILES string of the molecule is CC(C)COCCN1CCN(CC[C@H](CSc2ccccc2)NC(C)C)CC1. The number of nitrogens with one attached hydrogen (secondary N) is 1. The Balaban J connectivity index is 1.64. The molecule has 0 aliphatic carbocycles. The van der Waals surface area contributed by atoms with Crippen molar-refractivity contribution in [2.24, 2.45) is 5.92 Å². The minimum Gasteiger partial charge on any atom is -0.380 e. The zero-order valence-electron chi connectivity index (χ0n) is 18.4. The summed E-state index contributed by atoms with van der Waals surface area (Å²) >= 11 is 1.97. The molecule has 2 rings (SSSR count). The van der Waals surface area contributed by atoms with Crippen molar-refractivity contribution in [2.75, 3.05) is 58.2 Å². The van der Waals surface area contributed by atoms with Gasteiger partial charge in [0.1, 0.15) is 0 Å². The molecule has 1 N–H and O–H groups in total. The summed E-state index contributed by atoms with van der Waals surface area (Å²) in [5.41, 5.74) is 0. The fraction of sp³-hybridized carbons (Fsp3) is 0.739. The highest BCUT2D eigenvalue weighted by molar-refractivity contribution is 7.99. The first-order valence-electron chi connectivity index (χ1n) is 11.0. The van der Waals surface area contributed by atoms with Gasteiger partial charge in [0.15, 0.2) is 0 Å². The molecule has 1 aromatic rings. The largest absolute Gasteiger partial charge is 0.380 e. The molecule has 1 aliphatic heterocycles. The van der Waals surface area contributed by atoms with E-state index in [0.717, 1.165) is 25.5 Å². The van der Waals surface area contributed by atoms with E-state index in [0.29, 0.717) is 18.0 Å². The molecule has 160 valence electrons. The highest BCUT2D eigenvalue weighted by Gasteiger charge is 2.18. The van der Waals surface area contributed by atoms with Crippen molar-refractivity contribution in [2.45, 2.75) is 51.1 Å². The molecule has 0 bridgehead atoms. The Hall–Kier alpha value is -0.590. The number of rotatable bonds is 13. The third kappa shape index (κ3) is 10.3. The van der Waals surface area contributed by atoms with Gasteiger partial charge in [-0.25, -0.2) is 0 Å². The molecular weight excluding hydrogens is 366 g/mol. The molecule has 1 aromatic carbocycles. The van der Waals surface area contributed by atoms with Crippen LogP contribution in [0, 0.1) is 5.92 Å². The van der Waals surface area contributed by atoms with Crippen LogP contribution in [0.4, 0.5) is 0 Å². The number of nitrogens with zero attached hydrogens (tertiary/aromatic N) is 2. The predicted octanol–water partition coefficient (Wildman–Crippen LogP) is 3.83. The van der Waals surface area contributed by atoms with E-state index in [4.69, 9.17) is 4.74 Å². The second-order valence-corrected chi connectivity index (χ2v) is 9.68. The zero-order chi connectivity index (χ0) is 20.2. The Morgan fingerprint density at radius 2 is 1.61 bits per heavy atom. The number of hydrogen-bond donors (Lipinski definition) is 1. The van der Waals surface area contributed by atoms with Gasteiger partial charge in [0, 0.05) is 62.1 Å². The predicted molar refractivity (Wildman–Crippen MR) is 122 cm³/mol. The lowest BCUT2D eigenvalue weighted by molar-refractivity contribution is 0.0638. The van der Waals surface area contributed by atoms with Crippen LogP contribution in [-0.2, 0) is 4.74 Å². The monoisotopic (exact) mass is 407 g/mol. The minimum atomic E-state index is 0.532. The van der Waals surface area contributed by atoms with Crippen LogP contribution in [0.1, 0.15) is 34.1 Å². The molecule has 28 heavy (non-hydrogen) atoms. The van der Waals surface area contributed by atoms with E-state index in [1.165, 1.54) is 44.0 Å². The van der Waals surface area contributed by atoms with Gasteiger partial charge >= 0.3 is 0 Å². The topological polar surface area (TPSA) is 27.7 Å². The molecular formula is C23H41N3OS. The average Bonchev–Trinajstić information content (AvgIpc) is 2.68. The Morgan fingerprint density at radius 3 is 2.21 bits per heavy atom. The molecule has 1 aliphatic rings. The summed E-state index contributed by atoms with van der Waals surface area (Å²) in [5.74, 6) is 1.76. The van der Waals surface area contributed by atoms with Crippen LogP contribution in [-0.4, -0.2) is 80.1 Å². The highest BCUT2D eigenvalue weighted by Crippen LogP contribution is 2.19. The molecule has 0 amide bonds. The van der Waals surface area contributed by atoms with E-state index >= 15 is 0 Å². The van der Waals surface area contributed by atoms with Crippen LogP contribution >= 0.6 is 11.8 Å². The summed E-state index contributed by atoms with van der Waals surface area (Å²) < 4.78 is 5.74. The fourth-order valence-electron chi connectivity index (χ4n) is 3.49. The van der Waals surface area contributed by atoms with E-state index in [1.807, 2.05) is 11.8 Å². The van der Waals surface area contributed by atoms with Gasteiger partial charge in [-0.15, -0.1) is 11.8 Å². The lowest BCUT2D eigenvalue weighted by Crippen LogP contribution is -2.48. The maximum Gasteiger partial charge on any atom is 0.0593 e. The van der Waals surface area contributed by atoms with E-state index in [-0.39, 0.29) is 0 Å². The second-order valence-electron chi connectivity index (χ2n) is 8.58. The average molecular weight is 408 g/mol. The molecule has 0 spiro atoms. The summed E-state index contributed by atoms with van der Waals surface area (Å²) in [6, 6.07) is 11.9. The molecule has 5 heteroatoms. The molecule has 0 radical (unpaired) electrons. The van der Waals surface area contributed by atoms with Crippen LogP contribution in [0.3, 0.4) is 0 Å². The number of piperazine rings is 1. The van der Waals surface area contributed by atoms with Crippen molar-refractivity contribution in [3.05, 3.63) is 30.3 Å². The van der Waals surface area contributed by atoms with E-state index < -0.39 is 0 Å². The number of ether oxygens (including phenoxy) is 1. The van der Waals surface area contributed by atoms with E-state index in [2.05, 4.69) is 73.1 Å². The Labute approximate surface area is 177 Å². The van der Waals surface area contributed by atoms with Gasteiger partial charge in [0.05, 0.1) is 6.61 Å². The maximum atomic E-state index is 5.74. The van der Waals surface area contributed by atoms with Crippen molar-refractivity contribution in [1.29, 1.82) is 0 Å². The smallest absolute Gasteiger partial charge is 0.0593 e. The molecule has 1 saturated heterocycles. The fourth-order valence-corrected chi connectivity index (χ4v) is 4.49. The molecule has 1 atom stereocenters. The number of thioether (sulfide) groups is 1. The summed E-state index contributed by atoms with van der Waals surface area (Å²) in [7, 11) is 0. The van der Waals surface area contributed by atoms with Gasteiger partial charge in [-0.2, -0.15) is 0 Å². The highest BCUT2D eigenvalue weighted by atomic mass is 32.2. The summed E-state index contributed by atoms with van der Waals surface area (Å²) in [5, 5.41) is 3.77. The summed E-state index contributed by atoms with van der Waals surface area (Å²) in [6.07, 6.45) is 1.22. The van der Waals surface area contributed by atoms with E-state index in [1.54, 1.807) is 0 Å². The standard InChI is InChI=1S/C23H41N3OS/c1-20(2)18-27-17-16-26-14-12-25(13-15-26)11-10-22(24-21(3)4)19-28-23-8-6-5-7-9-23/h5-9,20-22,24H,10-19H2,1-4H3/t22-/m1/s1. The third-order valence-corrected chi connectivity index (χ3v) is 6.20. The van der Waals surface area contributed by atoms with Gasteiger partial charge in [-0.1, -0.05) is 45.9 Å². The van der Waals surface area contributed by atoms with Crippen LogP contribution in [0.15, 0.2) is 35.2 Å². The second kappa shape index (κ2) is 13.6. The van der Waals surface area contributed by atoms with Crippen LogP contribution in [0.25, 0.3) is 0 Å². The zero-order valence-corrected chi connectivity index (χ0v) is 19.2. The third-order valence-electron chi connectivity index (χ3n) is 5.03. The summed E-state index contributed by atoms with van der Waals surface area (Å²) in [6.45, 7) is 17.6.